The molecule has 5 heteroatoms. The van der Waals surface area contributed by atoms with Gasteiger partial charge in [-0.2, -0.15) is 0 Å². The predicted molar refractivity (Wildman–Crippen MR) is 231 cm³/mol. The van der Waals surface area contributed by atoms with E-state index in [1.54, 1.807) is 0 Å². The highest BCUT2D eigenvalue weighted by Gasteiger charge is 2.22. The molecular formula is C50H27N3OS. The van der Waals surface area contributed by atoms with Gasteiger partial charge >= 0.3 is 0 Å². The monoisotopic (exact) mass is 717 g/mol. The lowest BCUT2D eigenvalue weighted by Gasteiger charge is -2.12. The molecule has 0 bridgehead atoms. The number of para-hydroxylation sites is 1. The van der Waals surface area contributed by atoms with Crippen LogP contribution in [0.4, 0.5) is 0 Å². The van der Waals surface area contributed by atoms with Gasteiger partial charge < -0.3 is 8.98 Å². The van der Waals surface area contributed by atoms with Crippen LogP contribution in [-0.2, 0) is 0 Å². The first-order valence-corrected chi connectivity index (χ1v) is 19.4. The smallest absolute Gasteiger partial charge is 0.160 e. The Hall–Kier alpha value is -7.08. The first-order chi connectivity index (χ1) is 27.2. The summed E-state index contributed by atoms with van der Waals surface area (Å²) >= 11 is 1.83. The summed E-state index contributed by atoms with van der Waals surface area (Å²) in [5, 5.41) is 13.1. The van der Waals surface area contributed by atoms with Gasteiger partial charge in [-0.05, 0) is 82.2 Å². The van der Waals surface area contributed by atoms with E-state index >= 15 is 0 Å². The minimum absolute atomic E-state index is 0.723. The molecular weight excluding hydrogens is 691 g/mol. The van der Waals surface area contributed by atoms with Crippen molar-refractivity contribution in [1.29, 1.82) is 0 Å². The molecule has 0 fully saturated rings. The summed E-state index contributed by atoms with van der Waals surface area (Å²) in [5.41, 5.74) is 9.24. The Balaban J connectivity index is 0.980. The van der Waals surface area contributed by atoms with Crippen LogP contribution in [0.3, 0.4) is 0 Å². The average molecular weight is 718 g/mol. The molecule has 254 valence electrons. The van der Waals surface area contributed by atoms with E-state index in [-0.39, 0.29) is 0 Å². The largest absolute Gasteiger partial charge is 0.456 e. The molecule has 0 aliphatic heterocycles. The second kappa shape index (κ2) is 10.8. The highest BCUT2D eigenvalue weighted by molar-refractivity contribution is 7.25. The minimum atomic E-state index is 0.723. The maximum Gasteiger partial charge on any atom is 0.160 e. The molecule has 0 amide bonds. The fourth-order valence-corrected chi connectivity index (χ4v) is 10.2. The zero-order valence-electron chi connectivity index (χ0n) is 29.2. The lowest BCUT2D eigenvalue weighted by atomic mass is 10.00. The second-order valence-corrected chi connectivity index (χ2v) is 15.6. The van der Waals surface area contributed by atoms with E-state index in [0.717, 1.165) is 71.9 Å². The van der Waals surface area contributed by atoms with Gasteiger partial charge in [-0.3, -0.25) is 0 Å². The SMILES string of the molecule is c1ccc2c(-c3ccc4c(c3)sc3ccccc34)nc(-c3ccc4cc(-n5c6ccc7cccc8oc9cccc%10ccc5c(c%109)c6c78)ccc4c3)nc2c1. The lowest BCUT2D eigenvalue weighted by Crippen LogP contribution is -1.96. The van der Waals surface area contributed by atoms with E-state index in [1.807, 2.05) is 11.3 Å². The number of thiophene rings is 1. The standard InChI is InChI=1S/C50H27N3OS/c1-3-11-38-37(10-1)49(32-18-22-36-35-9-2-4-14-43(35)55-44(36)27-32)52-50(51-38)33-16-15-31-26-34(21-17-30(31)25-33)53-39-23-19-28-7-5-12-41-45(28)47(39)48-40(53)24-20-29-8-6-13-42(54-41)46(29)48/h1-27H. The van der Waals surface area contributed by atoms with Gasteiger partial charge in [0, 0.05) is 63.9 Å². The van der Waals surface area contributed by atoms with Crippen LogP contribution >= 0.6 is 11.3 Å². The van der Waals surface area contributed by atoms with Crippen molar-refractivity contribution in [3.63, 3.8) is 0 Å². The third-order valence-corrected chi connectivity index (χ3v) is 12.7. The summed E-state index contributed by atoms with van der Waals surface area (Å²) in [7, 11) is 0. The lowest BCUT2D eigenvalue weighted by molar-refractivity contribution is 0.664. The molecule has 4 aromatic heterocycles. The van der Waals surface area contributed by atoms with Crippen LogP contribution in [0, 0.1) is 0 Å². The molecule has 4 heterocycles. The van der Waals surface area contributed by atoms with Crippen LogP contribution in [0.25, 0.3) is 125 Å². The molecule has 0 atom stereocenters. The van der Waals surface area contributed by atoms with E-state index in [9.17, 15) is 0 Å². The molecule has 0 aliphatic rings. The highest BCUT2D eigenvalue weighted by atomic mass is 32.1. The molecule has 4 nitrogen and oxygen atoms in total. The molecule has 0 aliphatic carbocycles. The molecule has 0 saturated heterocycles. The van der Waals surface area contributed by atoms with Gasteiger partial charge in [-0.25, -0.2) is 9.97 Å². The average Bonchev–Trinajstić information content (AvgIpc) is 3.73. The van der Waals surface area contributed by atoms with Crippen molar-refractivity contribution in [2.45, 2.75) is 0 Å². The van der Waals surface area contributed by atoms with Gasteiger partial charge in [0.1, 0.15) is 11.2 Å². The molecule has 13 rings (SSSR count). The Morgan fingerprint density at radius 2 is 1.09 bits per heavy atom. The molecule has 0 N–H and O–H groups in total. The van der Waals surface area contributed by atoms with Crippen LogP contribution in [-0.4, -0.2) is 14.5 Å². The van der Waals surface area contributed by atoms with E-state index in [1.165, 1.54) is 52.8 Å². The molecule has 9 aromatic carbocycles. The Labute approximate surface area is 317 Å². The van der Waals surface area contributed by atoms with Gasteiger partial charge in [0.05, 0.1) is 22.2 Å². The Bertz CT molecular complexity index is 3630. The predicted octanol–water partition coefficient (Wildman–Crippen LogP) is 14.1. The van der Waals surface area contributed by atoms with Crippen LogP contribution in [0.5, 0.6) is 0 Å². The summed E-state index contributed by atoms with van der Waals surface area (Å²) in [6.07, 6.45) is 0. The summed E-state index contributed by atoms with van der Waals surface area (Å²) < 4.78 is 11.6. The van der Waals surface area contributed by atoms with Crippen molar-refractivity contribution in [2.75, 3.05) is 0 Å². The van der Waals surface area contributed by atoms with Crippen molar-refractivity contribution in [3.05, 3.63) is 164 Å². The molecule has 0 radical (unpaired) electrons. The van der Waals surface area contributed by atoms with Gasteiger partial charge in [-0.15, -0.1) is 11.3 Å². The number of fused-ring (bicyclic) bond motifs is 5. The molecule has 55 heavy (non-hydrogen) atoms. The fraction of sp³-hybridized carbons (Fsp3) is 0. The third-order valence-electron chi connectivity index (χ3n) is 11.5. The number of hydrogen-bond donors (Lipinski definition) is 0. The zero-order valence-corrected chi connectivity index (χ0v) is 30.1. The van der Waals surface area contributed by atoms with Gasteiger partial charge in [0.2, 0.25) is 0 Å². The maximum absolute atomic E-state index is 6.63. The van der Waals surface area contributed by atoms with E-state index < -0.39 is 0 Å². The molecule has 0 unspecified atom stereocenters. The van der Waals surface area contributed by atoms with Gasteiger partial charge in [-0.1, -0.05) is 103 Å². The van der Waals surface area contributed by atoms with Crippen LogP contribution in [0.2, 0.25) is 0 Å². The zero-order chi connectivity index (χ0) is 35.8. The first kappa shape index (κ1) is 29.4. The van der Waals surface area contributed by atoms with Crippen molar-refractivity contribution in [2.24, 2.45) is 0 Å². The van der Waals surface area contributed by atoms with Gasteiger partial charge in [0.15, 0.2) is 5.82 Å². The van der Waals surface area contributed by atoms with Crippen LogP contribution < -0.4 is 0 Å². The van der Waals surface area contributed by atoms with E-state index in [2.05, 4.69) is 168 Å². The van der Waals surface area contributed by atoms with Crippen LogP contribution in [0.15, 0.2) is 168 Å². The number of rotatable bonds is 3. The minimum Gasteiger partial charge on any atom is -0.456 e. The molecule has 0 saturated carbocycles. The Morgan fingerprint density at radius 3 is 1.89 bits per heavy atom. The molecule has 0 spiro atoms. The highest BCUT2D eigenvalue weighted by Crippen LogP contribution is 2.45. The number of benzene rings is 9. The second-order valence-electron chi connectivity index (χ2n) is 14.5. The maximum atomic E-state index is 6.63. The summed E-state index contributed by atoms with van der Waals surface area (Å²) in [5.74, 6) is 0.723. The third kappa shape index (κ3) is 4.10. The Morgan fingerprint density at radius 1 is 0.436 bits per heavy atom. The fourth-order valence-electron chi connectivity index (χ4n) is 9.05. The van der Waals surface area contributed by atoms with E-state index in [4.69, 9.17) is 14.4 Å². The van der Waals surface area contributed by atoms with Crippen molar-refractivity contribution in [1.82, 2.24) is 14.5 Å². The number of hydrogen-bond acceptors (Lipinski definition) is 4. The van der Waals surface area contributed by atoms with E-state index in [0.29, 0.717) is 0 Å². The summed E-state index contributed by atoms with van der Waals surface area (Å²) in [6, 6.07) is 58.8. The summed E-state index contributed by atoms with van der Waals surface area (Å²) in [6.45, 7) is 0. The van der Waals surface area contributed by atoms with Crippen LogP contribution in [0.1, 0.15) is 0 Å². The number of nitrogens with zero attached hydrogens (tertiary/aromatic N) is 3. The number of aromatic nitrogens is 3. The molecule has 13 aromatic rings. The topological polar surface area (TPSA) is 43.9 Å². The van der Waals surface area contributed by atoms with Crippen molar-refractivity contribution < 1.29 is 4.42 Å². The first-order valence-electron chi connectivity index (χ1n) is 18.6. The quantitative estimate of drug-likeness (QED) is 0.183. The van der Waals surface area contributed by atoms with Gasteiger partial charge in [0.25, 0.3) is 0 Å². The van der Waals surface area contributed by atoms with Crippen molar-refractivity contribution >= 4 is 108 Å². The normalized spacial score (nSPS) is 12.4. The summed E-state index contributed by atoms with van der Waals surface area (Å²) in [4.78, 5) is 10.4. The van der Waals surface area contributed by atoms with Crippen molar-refractivity contribution in [3.8, 4) is 28.3 Å². The Kier molecular flexibility index (Phi) is 5.74.